The van der Waals surface area contributed by atoms with Gasteiger partial charge >= 0.3 is 0 Å². The number of aliphatic hydroxyl groups is 1. The summed E-state index contributed by atoms with van der Waals surface area (Å²) < 4.78 is 14.8. The number of nitrogens with zero attached hydrogens (tertiary/aromatic N) is 2. The molecule has 0 aliphatic rings. The van der Waals surface area contributed by atoms with E-state index in [0.29, 0.717) is 24.3 Å². The van der Waals surface area contributed by atoms with Gasteiger partial charge in [-0.1, -0.05) is 0 Å². The molecule has 1 atom stereocenters. The lowest BCUT2D eigenvalue weighted by atomic mass is 10.2. The van der Waals surface area contributed by atoms with Crippen LogP contribution in [-0.2, 0) is 7.05 Å². The predicted molar refractivity (Wildman–Crippen MR) is 59.3 cm³/mol. The van der Waals surface area contributed by atoms with E-state index in [0.717, 1.165) is 5.52 Å². The Labute approximate surface area is 92.5 Å². The first-order valence-corrected chi connectivity index (χ1v) is 5.13. The molecule has 5 heteroatoms. The van der Waals surface area contributed by atoms with Crippen molar-refractivity contribution in [3.8, 4) is 0 Å². The minimum atomic E-state index is -0.703. The van der Waals surface area contributed by atoms with Gasteiger partial charge < -0.3 is 15.4 Å². The Morgan fingerprint density at radius 2 is 2.31 bits per heavy atom. The molecule has 0 amide bonds. The summed E-state index contributed by atoms with van der Waals surface area (Å²) in [4.78, 5) is 4.21. The molecule has 0 saturated carbocycles. The fourth-order valence-electron chi connectivity index (χ4n) is 1.78. The summed E-state index contributed by atoms with van der Waals surface area (Å²) in [5, 5.41) is 9.81. The smallest absolute Gasteiger partial charge is 0.138 e. The van der Waals surface area contributed by atoms with Crippen LogP contribution in [0.15, 0.2) is 18.2 Å². The van der Waals surface area contributed by atoms with E-state index in [1.54, 1.807) is 17.7 Å². The van der Waals surface area contributed by atoms with Crippen molar-refractivity contribution in [2.75, 3.05) is 6.54 Å². The van der Waals surface area contributed by atoms with Crippen LogP contribution < -0.4 is 5.73 Å². The van der Waals surface area contributed by atoms with Crippen molar-refractivity contribution in [2.45, 2.75) is 12.5 Å². The summed E-state index contributed by atoms with van der Waals surface area (Å²) in [6, 6.07) is 4.38. The number of hydrogen-bond acceptors (Lipinski definition) is 3. The van der Waals surface area contributed by atoms with Crippen molar-refractivity contribution in [1.29, 1.82) is 0 Å². The van der Waals surface area contributed by atoms with Gasteiger partial charge in [-0.25, -0.2) is 9.37 Å². The zero-order valence-electron chi connectivity index (χ0n) is 9.02. The first-order valence-electron chi connectivity index (χ1n) is 5.13. The molecule has 3 N–H and O–H groups in total. The van der Waals surface area contributed by atoms with Crippen LogP contribution in [-0.4, -0.2) is 21.2 Å². The van der Waals surface area contributed by atoms with Crippen molar-refractivity contribution in [3.05, 3.63) is 29.8 Å². The quantitative estimate of drug-likeness (QED) is 0.818. The van der Waals surface area contributed by atoms with Crippen molar-refractivity contribution >= 4 is 11.0 Å². The average Bonchev–Trinajstić information content (AvgIpc) is 2.56. The van der Waals surface area contributed by atoms with E-state index in [1.807, 2.05) is 0 Å². The third kappa shape index (κ3) is 1.79. The number of nitrogens with two attached hydrogens (primary N) is 1. The summed E-state index contributed by atoms with van der Waals surface area (Å²) in [5.41, 5.74) is 6.73. The van der Waals surface area contributed by atoms with Gasteiger partial charge in [-0.05, 0) is 25.1 Å². The van der Waals surface area contributed by atoms with E-state index >= 15 is 0 Å². The number of aliphatic hydroxyl groups excluding tert-OH is 1. The van der Waals surface area contributed by atoms with Crippen LogP contribution in [0.1, 0.15) is 18.3 Å². The molecule has 1 unspecified atom stereocenters. The van der Waals surface area contributed by atoms with Crippen LogP contribution in [0.3, 0.4) is 0 Å². The molecule has 2 rings (SSSR count). The summed E-state index contributed by atoms with van der Waals surface area (Å²) in [7, 11) is 1.79. The SMILES string of the molecule is Cn1c(C(O)CCN)nc2cc(F)ccc21. The molecular weight excluding hydrogens is 209 g/mol. The topological polar surface area (TPSA) is 64.1 Å². The highest BCUT2D eigenvalue weighted by Crippen LogP contribution is 2.21. The molecule has 0 saturated heterocycles. The number of halogens is 1. The molecule has 0 aliphatic carbocycles. The average molecular weight is 223 g/mol. The summed E-state index contributed by atoms with van der Waals surface area (Å²) >= 11 is 0. The number of aromatic nitrogens is 2. The van der Waals surface area contributed by atoms with Gasteiger partial charge in [0.1, 0.15) is 17.7 Å². The van der Waals surface area contributed by atoms with Crippen molar-refractivity contribution < 1.29 is 9.50 Å². The second kappa shape index (κ2) is 4.19. The van der Waals surface area contributed by atoms with Gasteiger partial charge in [-0.2, -0.15) is 0 Å². The lowest BCUT2D eigenvalue weighted by Gasteiger charge is -2.08. The predicted octanol–water partition coefficient (Wildman–Crippen LogP) is 1.09. The zero-order valence-corrected chi connectivity index (χ0v) is 9.02. The Kier molecular flexibility index (Phi) is 2.89. The van der Waals surface area contributed by atoms with Crippen molar-refractivity contribution in [2.24, 2.45) is 12.8 Å². The molecule has 0 radical (unpaired) electrons. The maximum atomic E-state index is 13.0. The molecule has 0 bridgehead atoms. The molecule has 1 heterocycles. The Morgan fingerprint density at radius 3 is 3.00 bits per heavy atom. The fourth-order valence-corrected chi connectivity index (χ4v) is 1.78. The number of benzene rings is 1. The van der Waals surface area contributed by atoms with Crippen molar-refractivity contribution in [1.82, 2.24) is 9.55 Å². The van der Waals surface area contributed by atoms with E-state index in [1.165, 1.54) is 12.1 Å². The second-order valence-corrected chi connectivity index (χ2v) is 3.76. The Balaban J connectivity index is 2.51. The Morgan fingerprint density at radius 1 is 1.56 bits per heavy atom. The largest absolute Gasteiger partial charge is 0.385 e. The van der Waals surface area contributed by atoms with E-state index in [4.69, 9.17) is 5.73 Å². The van der Waals surface area contributed by atoms with Crippen LogP contribution in [0.4, 0.5) is 4.39 Å². The van der Waals surface area contributed by atoms with Gasteiger partial charge in [-0.3, -0.25) is 0 Å². The molecule has 1 aromatic heterocycles. The number of fused-ring (bicyclic) bond motifs is 1. The fraction of sp³-hybridized carbons (Fsp3) is 0.364. The van der Waals surface area contributed by atoms with Gasteiger partial charge in [0.05, 0.1) is 11.0 Å². The van der Waals surface area contributed by atoms with Gasteiger partial charge in [0.2, 0.25) is 0 Å². The lowest BCUT2D eigenvalue weighted by molar-refractivity contribution is 0.157. The Hall–Kier alpha value is -1.46. The van der Waals surface area contributed by atoms with E-state index < -0.39 is 6.10 Å². The molecule has 86 valence electrons. The monoisotopic (exact) mass is 223 g/mol. The first-order chi connectivity index (χ1) is 7.63. The van der Waals surface area contributed by atoms with Crippen LogP contribution in [0, 0.1) is 5.82 Å². The summed E-state index contributed by atoms with van der Waals surface area (Å²) in [6.07, 6.45) is -0.259. The summed E-state index contributed by atoms with van der Waals surface area (Å²) in [5.74, 6) is 0.191. The molecule has 2 aromatic rings. The van der Waals surface area contributed by atoms with Gasteiger partial charge in [0.25, 0.3) is 0 Å². The van der Waals surface area contributed by atoms with Crippen LogP contribution in [0.25, 0.3) is 11.0 Å². The third-order valence-electron chi connectivity index (χ3n) is 2.62. The highest BCUT2D eigenvalue weighted by molar-refractivity contribution is 5.76. The van der Waals surface area contributed by atoms with Gasteiger partial charge in [0.15, 0.2) is 0 Å². The van der Waals surface area contributed by atoms with E-state index in [2.05, 4.69) is 4.98 Å². The Bertz CT molecular complexity index is 509. The number of aryl methyl sites for hydroxylation is 1. The van der Waals surface area contributed by atoms with Gasteiger partial charge in [-0.15, -0.1) is 0 Å². The van der Waals surface area contributed by atoms with Crippen LogP contribution >= 0.6 is 0 Å². The number of rotatable bonds is 3. The van der Waals surface area contributed by atoms with Gasteiger partial charge in [0, 0.05) is 13.1 Å². The molecule has 0 spiro atoms. The van der Waals surface area contributed by atoms with Crippen LogP contribution in [0.5, 0.6) is 0 Å². The lowest BCUT2D eigenvalue weighted by Crippen LogP contribution is -2.10. The molecule has 16 heavy (non-hydrogen) atoms. The molecule has 1 aromatic carbocycles. The normalized spacial score (nSPS) is 13.2. The third-order valence-corrected chi connectivity index (χ3v) is 2.62. The minimum Gasteiger partial charge on any atom is -0.385 e. The molecule has 0 fully saturated rings. The number of hydrogen-bond donors (Lipinski definition) is 2. The first kappa shape index (κ1) is 11.0. The minimum absolute atomic E-state index is 0.328. The van der Waals surface area contributed by atoms with Crippen LogP contribution in [0.2, 0.25) is 0 Å². The molecule has 4 nitrogen and oxygen atoms in total. The summed E-state index contributed by atoms with van der Waals surface area (Å²) in [6.45, 7) is 0.388. The second-order valence-electron chi connectivity index (χ2n) is 3.76. The maximum Gasteiger partial charge on any atom is 0.138 e. The van der Waals surface area contributed by atoms with Crippen molar-refractivity contribution in [3.63, 3.8) is 0 Å². The number of imidazole rings is 1. The highest BCUT2D eigenvalue weighted by atomic mass is 19.1. The van der Waals surface area contributed by atoms with E-state index in [-0.39, 0.29) is 5.82 Å². The molecule has 0 aliphatic heterocycles. The zero-order chi connectivity index (χ0) is 11.7. The van der Waals surface area contributed by atoms with E-state index in [9.17, 15) is 9.50 Å². The molecular formula is C11H14FN3O. The standard InChI is InChI=1S/C11H14FN3O/c1-15-9-3-2-7(12)6-8(9)14-11(15)10(16)4-5-13/h2-3,6,10,16H,4-5,13H2,1H3. The maximum absolute atomic E-state index is 13.0. The highest BCUT2D eigenvalue weighted by Gasteiger charge is 2.15.